The Bertz CT molecular complexity index is 559. The molecule has 0 amide bonds. The van der Waals surface area contributed by atoms with Crippen LogP contribution in [-0.2, 0) is 24.0 Å². The van der Waals surface area contributed by atoms with Gasteiger partial charge in [-0.25, -0.2) is 0 Å². The first-order valence-corrected chi connectivity index (χ1v) is 7.14. The van der Waals surface area contributed by atoms with E-state index in [-0.39, 0.29) is 6.10 Å². The van der Waals surface area contributed by atoms with E-state index in [4.69, 9.17) is 4.74 Å². The zero-order valence-electron chi connectivity index (χ0n) is 11.4. The van der Waals surface area contributed by atoms with Crippen molar-refractivity contribution in [2.45, 2.75) is 32.3 Å². The van der Waals surface area contributed by atoms with Gasteiger partial charge in [-0.3, -0.25) is 0 Å². The largest absolute Gasteiger partial charge is 0.373 e. The van der Waals surface area contributed by atoms with E-state index >= 15 is 0 Å². The van der Waals surface area contributed by atoms with Crippen molar-refractivity contribution in [2.75, 3.05) is 6.61 Å². The molecule has 0 fully saturated rings. The SMILES string of the molecule is CCc1ccccc1CC1OCCc2ccccc21. The van der Waals surface area contributed by atoms with Crippen molar-refractivity contribution >= 4 is 0 Å². The maximum absolute atomic E-state index is 6.01. The first-order chi connectivity index (χ1) is 9.38. The summed E-state index contributed by atoms with van der Waals surface area (Å²) in [4.78, 5) is 0. The van der Waals surface area contributed by atoms with E-state index in [0.29, 0.717) is 0 Å². The van der Waals surface area contributed by atoms with Crippen molar-refractivity contribution in [3.8, 4) is 0 Å². The number of hydrogen-bond donors (Lipinski definition) is 0. The highest BCUT2D eigenvalue weighted by Gasteiger charge is 2.21. The topological polar surface area (TPSA) is 9.23 Å². The van der Waals surface area contributed by atoms with Gasteiger partial charge in [0.25, 0.3) is 0 Å². The quantitative estimate of drug-likeness (QED) is 0.799. The average Bonchev–Trinajstić information content (AvgIpc) is 2.48. The molecule has 0 saturated carbocycles. The second-order valence-corrected chi connectivity index (χ2v) is 5.13. The van der Waals surface area contributed by atoms with Crippen LogP contribution in [0.25, 0.3) is 0 Å². The maximum atomic E-state index is 6.01. The first-order valence-electron chi connectivity index (χ1n) is 7.14. The molecule has 98 valence electrons. The van der Waals surface area contributed by atoms with E-state index in [1.54, 1.807) is 0 Å². The van der Waals surface area contributed by atoms with Crippen LogP contribution in [0.2, 0.25) is 0 Å². The third-order valence-corrected chi connectivity index (χ3v) is 4.00. The summed E-state index contributed by atoms with van der Waals surface area (Å²) in [5, 5.41) is 0. The highest BCUT2D eigenvalue weighted by Crippen LogP contribution is 2.30. The van der Waals surface area contributed by atoms with E-state index in [9.17, 15) is 0 Å². The minimum absolute atomic E-state index is 0.220. The monoisotopic (exact) mass is 252 g/mol. The molecule has 0 spiro atoms. The van der Waals surface area contributed by atoms with Crippen LogP contribution >= 0.6 is 0 Å². The summed E-state index contributed by atoms with van der Waals surface area (Å²) in [7, 11) is 0. The summed E-state index contributed by atoms with van der Waals surface area (Å²) in [6.45, 7) is 3.06. The molecule has 1 aliphatic heterocycles. The fraction of sp³-hybridized carbons (Fsp3) is 0.333. The Kier molecular flexibility index (Phi) is 3.65. The second-order valence-electron chi connectivity index (χ2n) is 5.13. The zero-order chi connectivity index (χ0) is 13.1. The Morgan fingerprint density at radius 1 is 1.00 bits per heavy atom. The molecule has 1 atom stereocenters. The molecule has 19 heavy (non-hydrogen) atoms. The molecule has 0 aliphatic carbocycles. The highest BCUT2D eigenvalue weighted by molar-refractivity contribution is 5.34. The van der Waals surface area contributed by atoms with Crippen LogP contribution in [0.3, 0.4) is 0 Å². The fourth-order valence-corrected chi connectivity index (χ4v) is 2.95. The van der Waals surface area contributed by atoms with Crippen LogP contribution in [0.4, 0.5) is 0 Å². The zero-order valence-corrected chi connectivity index (χ0v) is 11.4. The van der Waals surface area contributed by atoms with Crippen LogP contribution < -0.4 is 0 Å². The van der Waals surface area contributed by atoms with Crippen molar-refractivity contribution in [3.63, 3.8) is 0 Å². The molecule has 2 aromatic rings. The Balaban J connectivity index is 1.88. The number of benzene rings is 2. The van der Waals surface area contributed by atoms with Gasteiger partial charge in [-0.1, -0.05) is 55.5 Å². The number of aryl methyl sites for hydroxylation is 1. The van der Waals surface area contributed by atoms with Gasteiger partial charge in [0.1, 0.15) is 0 Å². The molecule has 1 aliphatic rings. The van der Waals surface area contributed by atoms with Gasteiger partial charge >= 0.3 is 0 Å². The summed E-state index contributed by atoms with van der Waals surface area (Å²) in [5.41, 5.74) is 5.69. The minimum Gasteiger partial charge on any atom is -0.373 e. The van der Waals surface area contributed by atoms with E-state index in [1.807, 2.05) is 0 Å². The lowest BCUT2D eigenvalue weighted by atomic mass is 9.91. The van der Waals surface area contributed by atoms with Crippen molar-refractivity contribution in [1.29, 1.82) is 0 Å². The standard InChI is InChI=1S/C18H20O/c1-2-14-7-3-4-9-16(14)13-18-17-10-6-5-8-15(17)11-12-19-18/h3-10,18H,2,11-13H2,1H3. The van der Waals surface area contributed by atoms with E-state index < -0.39 is 0 Å². The van der Waals surface area contributed by atoms with E-state index in [2.05, 4.69) is 55.5 Å². The Morgan fingerprint density at radius 2 is 1.74 bits per heavy atom. The van der Waals surface area contributed by atoms with Gasteiger partial charge in [0.15, 0.2) is 0 Å². The molecular weight excluding hydrogens is 232 g/mol. The summed E-state index contributed by atoms with van der Waals surface area (Å²) < 4.78 is 6.01. The van der Waals surface area contributed by atoms with Gasteiger partial charge in [0.05, 0.1) is 12.7 Å². The molecule has 0 N–H and O–H groups in total. The van der Waals surface area contributed by atoms with Gasteiger partial charge in [-0.05, 0) is 35.1 Å². The third kappa shape index (κ3) is 2.57. The van der Waals surface area contributed by atoms with Crippen molar-refractivity contribution in [2.24, 2.45) is 0 Å². The van der Waals surface area contributed by atoms with Gasteiger partial charge in [-0.15, -0.1) is 0 Å². The van der Waals surface area contributed by atoms with Gasteiger partial charge < -0.3 is 4.74 Å². The number of hydrogen-bond acceptors (Lipinski definition) is 1. The van der Waals surface area contributed by atoms with Gasteiger partial charge in [-0.2, -0.15) is 0 Å². The van der Waals surface area contributed by atoms with Crippen molar-refractivity contribution in [3.05, 3.63) is 70.8 Å². The van der Waals surface area contributed by atoms with E-state index in [1.165, 1.54) is 22.3 Å². The lowest BCUT2D eigenvalue weighted by Gasteiger charge is -2.26. The lowest BCUT2D eigenvalue weighted by molar-refractivity contribution is 0.0426. The Morgan fingerprint density at radius 3 is 2.58 bits per heavy atom. The van der Waals surface area contributed by atoms with Crippen molar-refractivity contribution < 1.29 is 4.74 Å². The van der Waals surface area contributed by atoms with Crippen molar-refractivity contribution in [1.82, 2.24) is 0 Å². The molecule has 0 radical (unpaired) electrons. The molecule has 0 saturated heterocycles. The smallest absolute Gasteiger partial charge is 0.0868 e. The molecule has 3 rings (SSSR count). The van der Waals surface area contributed by atoms with Gasteiger partial charge in [0.2, 0.25) is 0 Å². The first kappa shape index (κ1) is 12.4. The van der Waals surface area contributed by atoms with Crippen LogP contribution in [0.15, 0.2) is 48.5 Å². The van der Waals surface area contributed by atoms with Crippen LogP contribution in [0.5, 0.6) is 0 Å². The summed E-state index contributed by atoms with van der Waals surface area (Å²) in [6.07, 6.45) is 3.34. The molecule has 0 bridgehead atoms. The predicted molar refractivity (Wildman–Crippen MR) is 78.4 cm³/mol. The van der Waals surface area contributed by atoms with E-state index in [0.717, 1.165) is 25.9 Å². The van der Waals surface area contributed by atoms with Crippen LogP contribution in [-0.4, -0.2) is 6.61 Å². The molecule has 1 heteroatoms. The van der Waals surface area contributed by atoms with Gasteiger partial charge in [0, 0.05) is 6.42 Å². The number of ether oxygens (including phenoxy) is 1. The summed E-state index contributed by atoms with van der Waals surface area (Å²) in [6, 6.07) is 17.4. The molecule has 0 aromatic heterocycles. The molecule has 1 unspecified atom stereocenters. The number of fused-ring (bicyclic) bond motifs is 1. The van der Waals surface area contributed by atoms with Crippen LogP contribution in [0.1, 0.15) is 35.3 Å². The predicted octanol–water partition coefficient (Wildman–Crippen LogP) is 4.11. The maximum Gasteiger partial charge on any atom is 0.0868 e. The fourth-order valence-electron chi connectivity index (χ4n) is 2.95. The molecule has 2 aromatic carbocycles. The lowest BCUT2D eigenvalue weighted by Crippen LogP contribution is -2.18. The highest BCUT2D eigenvalue weighted by atomic mass is 16.5. The summed E-state index contributed by atoms with van der Waals surface area (Å²) >= 11 is 0. The van der Waals surface area contributed by atoms with Crippen LogP contribution in [0, 0.1) is 0 Å². The Labute approximate surface area is 115 Å². The Hall–Kier alpha value is -1.60. The number of rotatable bonds is 3. The third-order valence-electron chi connectivity index (χ3n) is 4.00. The average molecular weight is 252 g/mol. The molecule has 1 heterocycles. The molecular formula is C18H20O. The second kappa shape index (κ2) is 5.58. The summed E-state index contributed by atoms with van der Waals surface area (Å²) in [5.74, 6) is 0. The molecule has 1 nitrogen and oxygen atoms in total. The normalized spacial score (nSPS) is 18.1. The minimum atomic E-state index is 0.220.